The summed E-state index contributed by atoms with van der Waals surface area (Å²) in [5.74, 6) is 0.489. The van der Waals surface area contributed by atoms with Crippen LogP contribution in [0.4, 0.5) is 5.69 Å². The number of halogens is 1. The summed E-state index contributed by atoms with van der Waals surface area (Å²) < 4.78 is 5.52. The number of benzene rings is 2. The van der Waals surface area contributed by atoms with Gasteiger partial charge in [-0.2, -0.15) is 0 Å². The van der Waals surface area contributed by atoms with Gasteiger partial charge in [-0.05, 0) is 67.0 Å². The smallest absolute Gasteiger partial charge is 0.262 e. The van der Waals surface area contributed by atoms with E-state index in [1.807, 2.05) is 29.2 Å². The third-order valence-electron chi connectivity index (χ3n) is 5.97. The number of amides is 2. The van der Waals surface area contributed by atoms with Crippen LogP contribution in [0.5, 0.6) is 5.75 Å². The summed E-state index contributed by atoms with van der Waals surface area (Å²) in [5, 5.41) is 3.43. The molecule has 2 amide bonds. The first-order valence-corrected chi connectivity index (χ1v) is 12.3. The number of hydrogen-bond acceptors (Lipinski definition) is 4. The summed E-state index contributed by atoms with van der Waals surface area (Å²) in [4.78, 5) is 27.7. The van der Waals surface area contributed by atoms with Crippen LogP contribution in [-0.2, 0) is 16.1 Å². The first-order valence-electron chi connectivity index (χ1n) is 11.9. The van der Waals surface area contributed by atoms with Gasteiger partial charge in [0.25, 0.3) is 5.91 Å². The van der Waals surface area contributed by atoms with Crippen LogP contribution in [0.1, 0.15) is 58.4 Å². The highest BCUT2D eigenvalue weighted by molar-refractivity contribution is 6.31. The summed E-state index contributed by atoms with van der Waals surface area (Å²) in [6.07, 6.45) is 4.06. The monoisotopic (exact) mass is 485 g/mol. The molecule has 7 heteroatoms. The third kappa shape index (κ3) is 8.03. The minimum Gasteiger partial charge on any atom is -0.484 e. The largest absolute Gasteiger partial charge is 0.484 e. The number of ether oxygens (including phenoxy) is 1. The normalized spacial score (nSPS) is 18.3. The summed E-state index contributed by atoms with van der Waals surface area (Å²) in [7, 11) is 0. The van der Waals surface area contributed by atoms with Gasteiger partial charge in [0, 0.05) is 35.8 Å². The Kier molecular flexibility index (Phi) is 8.97. The Morgan fingerprint density at radius 1 is 1.09 bits per heavy atom. The Hall–Kier alpha value is -2.57. The van der Waals surface area contributed by atoms with Crippen LogP contribution < -0.4 is 15.8 Å². The van der Waals surface area contributed by atoms with Crippen LogP contribution in [0.3, 0.4) is 0 Å². The van der Waals surface area contributed by atoms with Crippen molar-refractivity contribution in [2.75, 3.05) is 11.9 Å². The second-order valence-corrected chi connectivity index (χ2v) is 10.7. The van der Waals surface area contributed by atoms with Crippen molar-refractivity contribution in [3.8, 4) is 5.75 Å². The number of para-hydroxylation sites is 1. The molecule has 3 N–H and O–H groups in total. The van der Waals surface area contributed by atoms with E-state index in [0.717, 1.165) is 31.2 Å². The summed E-state index contributed by atoms with van der Waals surface area (Å²) >= 11 is 6.52. The van der Waals surface area contributed by atoms with Crippen molar-refractivity contribution >= 4 is 29.1 Å². The van der Waals surface area contributed by atoms with E-state index < -0.39 is 0 Å². The standard InChI is InChI=1S/C27H36ClN3O3/c1-27(2,3)16-26(33)31(22-12-9-20(29)10-13-22)17-19-15-21(11-14-24(19)28)30-25(32)18-34-23-7-5-4-6-8-23/h4-8,11,14-15,20,22H,9-10,12-13,16-18,29H2,1-3H3,(H,30,32). The topological polar surface area (TPSA) is 84.7 Å². The SMILES string of the molecule is CC(C)(C)CC(=O)N(Cc1cc(NC(=O)COc2ccccc2)ccc1Cl)C1CCC(N)CC1. The molecular weight excluding hydrogens is 450 g/mol. The van der Waals surface area contributed by atoms with E-state index in [0.29, 0.717) is 29.4 Å². The van der Waals surface area contributed by atoms with Gasteiger partial charge in [0.1, 0.15) is 5.75 Å². The molecule has 184 valence electrons. The molecule has 1 fully saturated rings. The Labute approximate surface area is 207 Å². The van der Waals surface area contributed by atoms with Gasteiger partial charge in [-0.25, -0.2) is 0 Å². The lowest BCUT2D eigenvalue weighted by Gasteiger charge is -2.37. The molecule has 0 heterocycles. The fourth-order valence-electron chi connectivity index (χ4n) is 4.21. The maximum Gasteiger partial charge on any atom is 0.262 e. The van der Waals surface area contributed by atoms with Crippen LogP contribution in [0.25, 0.3) is 0 Å². The van der Waals surface area contributed by atoms with Crippen LogP contribution in [0.15, 0.2) is 48.5 Å². The molecule has 2 aromatic rings. The van der Waals surface area contributed by atoms with Gasteiger partial charge in [-0.3, -0.25) is 9.59 Å². The van der Waals surface area contributed by atoms with Crippen LogP contribution in [-0.4, -0.2) is 35.4 Å². The van der Waals surface area contributed by atoms with Crippen LogP contribution in [0.2, 0.25) is 5.02 Å². The van der Waals surface area contributed by atoms with Gasteiger partial charge in [0.05, 0.1) is 0 Å². The first kappa shape index (κ1) is 26.0. The van der Waals surface area contributed by atoms with Crippen LogP contribution >= 0.6 is 11.6 Å². The summed E-state index contributed by atoms with van der Waals surface area (Å²) in [6.45, 7) is 6.51. The minimum atomic E-state index is -0.265. The molecule has 0 spiro atoms. The number of nitrogens with two attached hydrogens (primary N) is 1. The molecule has 1 aliphatic carbocycles. The molecule has 0 aliphatic heterocycles. The zero-order valence-electron chi connectivity index (χ0n) is 20.4. The van der Waals surface area contributed by atoms with Crippen molar-refractivity contribution < 1.29 is 14.3 Å². The van der Waals surface area contributed by atoms with E-state index in [9.17, 15) is 9.59 Å². The van der Waals surface area contributed by atoms with Crippen molar-refractivity contribution in [2.24, 2.45) is 11.1 Å². The predicted molar refractivity (Wildman–Crippen MR) is 137 cm³/mol. The van der Waals surface area contributed by atoms with Gasteiger partial charge in [0.15, 0.2) is 6.61 Å². The molecule has 6 nitrogen and oxygen atoms in total. The number of anilines is 1. The lowest BCUT2D eigenvalue weighted by molar-refractivity contribution is -0.137. The van der Waals surface area contributed by atoms with Crippen molar-refractivity contribution in [3.63, 3.8) is 0 Å². The highest BCUT2D eigenvalue weighted by atomic mass is 35.5. The van der Waals surface area contributed by atoms with E-state index in [-0.39, 0.29) is 35.9 Å². The Balaban J connectivity index is 1.70. The van der Waals surface area contributed by atoms with E-state index in [1.54, 1.807) is 24.3 Å². The zero-order chi connectivity index (χ0) is 24.7. The Bertz CT molecular complexity index is 967. The first-order chi connectivity index (χ1) is 16.1. The van der Waals surface area contributed by atoms with Gasteiger partial charge in [-0.1, -0.05) is 50.6 Å². The van der Waals surface area contributed by atoms with E-state index >= 15 is 0 Å². The van der Waals surface area contributed by atoms with Gasteiger partial charge in [-0.15, -0.1) is 0 Å². The average molecular weight is 486 g/mol. The summed E-state index contributed by atoms with van der Waals surface area (Å²) in [5.41, 5.74) is 7.42. The molecule has 0 unspecified atom stereocenters. The maximum absolute atomic E-state index is 13.3. The predicted octanol–water partition coefficient (Wildman–Crippen LogP) is 5.39. The fourth-order valence-corrected chi connectivity index (χ4v) is 4.39. The quantitative estimate of drug-likeness (QED) is 0.524. The molecule has 0 atom stereocenters. The summed E-state index contributed by atoms with van der Waals surface area (Å²) in [6, 6.07) is 14.9. The van der Waals surface area contributed by atoms with Crippen molar-refractivity contribution in [1.82, 2.24) is 4.90 Å². The minimum absolute atomic E-state index is 0.0967. The van der Waals surface area contributed by atoms with E-state index in [1.165, 1.54) is 0 Å². The number of carbonyl (C=O) groups is 2. The van der Waals surface area contributed by atoms with Crippen molar-refractivity contribution in [3.05, 3.63) is 59.1 Å². The maximum atomic E-state index is 13.3. The second kappa shape index (κ2) is 11.7. The highest BCUT2D eigenvalue weighted by Crippen LogP contribution is 2.30. The molecule has 1 saturated carbocycles. The van der Waals surface area contributed by atoms with E-state index in [2.05, 4.69) is 26.1 Å². The van der Waals surface area contributed by atoms with E-state index in [4.69, 9.17) is 22.1 Å². The van der Waals surface area contributed by atoms with Gasteiger partial charge in [0.2, 0.25) is 5.91 Å². The lowest BCUT2D eigenvalue weighted by atomic mass is 9.88. The molecule has 0 bridgehead atoms. The molecule has 34 heavy (non-hydrogen) atoms. The molecule has 0 radical (unpaired) electrons. The Morgan fingerprint density at radius 2 is 1.76 bits per heavy atom. The van der Waals surface area contributed by atoms with Gasteiger partial charge < -0.3 is 20.7 Å². The van der Waals surface area contributed by atoms with Gasteiger partial charge >= 0.3 is 0 Å². The highest BCUT2D eigenvalue weighted by Gasteiger charge is 2.30. The number of rotatable bonds is 8. The Morgan fingerprint density at radius 3 is 2.41 bits per heavy atom. The average Bonchev–Trinajstić information content (AvgIpc) is 2.78. The molecule has 2 aromatic carbocycles. The number of nitrogens with one attached hydrogen (secondary N) is 1. The molecule has 0 aromatic heterocycles. The van der Waals surface area contributed by atoms with Crippen molar-refractivity contribution in [2.45, 2.75) is 71.5 Å². The lowest BCUT2D eigenvalue weighted by Crippen LogP contribution is -2.44. The number of carbonyl (C=O) groups excluding carboxylic acids is 2. The molecule has 3 rings (SSSR count). The van der Waals surface area contributed by atoms with Crippen LogP contribution in [0, 0.1) is 5.41 Å². The zero-order valence-corrected chi connectivity index (χ0v) is 21.1. The fraction of sp³-hybridized carbons (Fsp3) is 0.481. The second-order valence-electron chi connectivity index (χ2n) is 10.3. The number of hydrogen-bond donors (Lipinski definition) is 2. The molecule has 0 saturated heterocycles. The molecular formula is C27H36ClN3O3. The third-order valence-corrected chi connectivity index (χ3v) is 6.34. The van der Waals surface area contributed by atoms with Crippen molar-refractivity contribution in [1.29, 1.82) is 0 Å². The molecule has 1 aliphatic rings. The number of nitrogens with zero attached hydrogens (tertiary/aromatic N) is 1.